The summed E-state index contributed by atoms with van der Waals surface area (Å²) in [5.74, 6) is -2.16. The van der Waals surface area contributed by atoms with Crippen molar-refractivity contribution in [2.24, 2.45) is 0 Å². The highest BCUT2D eigenvalue weighted by Gasteiger charge is 2.43. The fraction of sp³-hybridized carbons (Fsp3) is 0.588. The predicted molar refractivity (Wildman–Crippen MR) is 85.8 cm³/mol. The molecule has 0 bridgehead atoms. The summed E-state index contributed by atoms with van der Waals surface area (Å²) < 4.78 is 42.1. The molecule has 0 radical (unpaired) electrons. The van der Waals surface area contributed by atoms with E-state index in [1.807, 2.05) is 12.1 Å². The van der Waals surface area contributed by atoms with Crippen molar-refractivity contribution < 1.29 is 22.7 Å². The van der Waals surface area contributed by atoms with E-state index in [0.29, 0.717) is 18.5 Å². The van der Waals surface area contributed by atoms with Gasteiger partial charge >= 0.3 is 12.1 Å². The number of benzene rings is 1. The standard InChI is InChI=1S/C17H22F3N3O2/c1-22-7-9-23(10-8-22)11-12-3-2-4-14-13(12)5-6-21-15(14)25-16(24)17(18,19)20/h2-4,15,21H,5-11H2,1H3. The van der Waals surface area contributed by atoms with E-state index in [9.17, 15) is 18.0 Å². The van der Waals surface area contributed by atoms with E-state index in [4.69, 9.17) is 0 Å². The highest BCUT2D eigenvalue weighted by Crippen LogP contribution is 2.29. The molecule has 1 N–H and O–H groups in total. The lowest BCUT2D eigenvalue weighted by molar-refractivity contribution is -0.207. The fourth-order valence-corrected chi connectivity index (χ4v) is 3.32. The molecular formula is C17H22F3N3O2. The summed E-state index contributed by atoms with van der Waals surface area (Å²) >= 11 is 0. The lowest BCUT2D eigenvalue weighted by Crippen LogP contribution is -2.44. The number of alkyl halides is 3. The number of esters is 1. The van der Waals surface area contributed by atoms with Gasteiger partial charge < -0.3 is 9.64 Å². The van der Waals surface area contributed by atoms with E-state index in [1.165, 1.54) is 0 Å². The van der Waals surface area contributed by atoms with Crippen molar-refractivity contribution >= 4 is 5.97 Å². The molecule has 1 saturated heterocycles. The molecule has 1 aromatic carbocycles. The smallest absolute Gasteiger partial charge is 0.436 e. The lowest BCUT2D eigenvalue weighted by atomic mass is 9.94. The monoisotopic (exact) mass is 357 g/mol. The Morgan fingerprint density at radius 3 is 2.68 bits per heavy atom. The van der Waals surface area contributed by atoms with Crippen molar-refractivity contribution in [2.75, 3.05) is 39.8 Å². The Hall–Kier alpha value is -1.64. The number of ether oxygens (including phenoxy) is 1. The maximum atomic E-state index is 12.5. The number of nitrogens with zero attached hydrogens (tertiary/aromatic N) is 2. The van der Waals surface area contributed by atoms with Crippen molar-refractivity contribution in [3.05, 3.63) is 34.9 Å². The fourth-order valence-electron chi connectivity index (χ4n) is 3.32. The molecule has 0 spiro atoms. The molecular weight excluding hydrogens is 335 g/mol. The van der Waals surface area contributed by atoms with Crippen molar-refractivity contribution in [3.8, 4) is 0 Å². The summed E-state index contributed by atoms with van der Waals surface area (Å²) in [6.45, 7) is 5.17. The van der Waals surface area contributed by atoms with Gasteiger partial charge in [-0.05, 0) is 24.6 Å². The third-order valence-corrected chi connectivity index (χ3v) is 4.74. The number of fused-ring (bicyclic) bond motifs is 1. The normalized spacial score (nSPS) is 22.5. The zero-order valence-electron chi connectivity index (χ0n) is 14.1. The van der Waals surface area contributed by atoms with Crippen LogP contribution in [0.3, 0.4) is 0 Å². The largest absolute Gasteiger partial charge is 0.490 e. The Kier molecular flexibility index (Phi) is 5.31. The van der Waals surface area contributed by atoms with Gasteiger partial charge in [0.25, 0.3) is 0 Å². The average Bonchev–Trinajstić information content (AvgIpc) is 2.57. The first kappa shape index (κ1) is 18.2. The summed E-state index contributed by atoms with van der Waals surface area (Å²) in [5, 5.41) is 2.85. The van der Waals surface area contributed by atoms with Gasteiger partial charge in [-0.3, -0.25) is 10.2 Å². The van der Waals surface area contributed by atoms with Gasteiger partial charge in [0.15, 0.2) is 6.23 Å². The molecule has 5 nitrogen and oxygen atoms in total. The van der Waals surface area contributed by atoms with Gasteiger partial charge in [0, 0.05) is 44.8 Å². The van der Waals surface area contributed by atoms with E-state index in [2.05, 4.69) is 26.9 Å². The Morgan fingerprint density at radius 1 is 1.28 bits per heavy atom. The van der Waals surface area contributed by atoms with Crippen molar-refractivity contribution in [1.82, 2.24) is 15.1 Å². The van der Waals surface area contributed by atoms with Crippen LogP contribution in [0.1, 0.15) is 22.9 Å². The number of likely N-dealkylation sites (N-methyl/N-ethyl adjacent to an activating group) is 1. The number of piperazine rings is 1. The second kappa shape index (κ2) is 7.31. The first-order valence-corrected chi connectivity index (χ1v) is 8.37. The SMILES string of the molecule is CN1CCN(Cc2cccc3c2CCNC3OC(=O)C(F)(F)F)CC1. The maximum Gasteiger partial charge on any atom is 0.490 e. The van der Waals surface area contributed by atoms with Gasteiger partial charge in [0.1, 0.15) is 0 Å². The van der Waals surface area contributed by atoms with Gasteiger partial charge in [-0.2, -0.15) is 13.2 Å². The number of hydrogen-bond donors (Lipinski definition) is 1. The lowest BCUT2D eigenvalue weighted by Gasteiger charge is -2.34. The molecule has 3 rings (SSSR count). The van der Waals surface area contributed by atoms with Crippen LogP contribution in [-0.4, -0.2) is 61.7 Å². The van der Waals surface area contributed by atoms with E-state index >= 15 is 0 Å². The summed E-state index contributed by atoms with van der Waals surface area (Å²) in [4.78, 5) is 15.8. The highest BCUT2D eigenvalue weighted by molar-refractivity contribution is 5.76. The summed E-state index contributed by atoms with van der Waals surface area (Å²) in [5.41, 5.74) is 2.70. The second-order valence-electron chi connectivity index (χ2n) is 6.55. The molecule has 1 fully saturated rings. The molecule has 0 saturated carbocycles. The minimum Gasteiger partial charge on any atom is -0.436 e. The number of carbonyl (C=O) groups excluding carboxylic acids is 1. The van der Waals surface area contributed by atoms with Crippen LogP contribution in [0.4, 0.5) is 13.2 Å². The molecule has 0 aliphatic carbocycles. The van der Waals surface area contributed by atoms with E-state index < -0.39 is 18.4 Å². The number of halogens is 3. The topological polar surface area (TPSA) is 44.8 Å². The van der Waals surface area contributed by atoms with Crippen LogP contribution in [0.2, 0.25) is 0 Å². The molecule has 138 valence electrons. The summed E-state index contributed by atoms with van der Waals surface area (Å²) in [6.07, 6.45) is -5.33. The third kappa shape index (κ3) is 4.31. The molecule has 0 aromatic heterocycles. The van der Waals surface area contributed by atoms with E-state index in [-0.39, 0.29) is 0 Å². The van der Waals surface area contributed by atoms with Crippen LogP contribution in [0.25, 0.3) is 0 Å². The van der Waals surface area contributed by atoms with Crippen molar-refractivity contribution in [3.63, 3.8) is 0 Å². The van der Waals surface area contributed by atoms with Crippen LogP contribution in [0.15, 0.2) is 18.2 Å². The Balaban J connectivity index is 1.75. The first-order valence-electron chi connectivity index (χ1n) is 8.37. The van der Waals surface area contributed by atoms with Crippen LogP contribution < -0.4 is 5.32 Å². The van der Waals surface area contributed by atoms with Crippen molar-refractivity contribution in [2.45, 2.75) is 25.4 Å². The number of hydrogen-bond acceptors (Lipinski definition) is 5. The van der Waals surface area contributed by atoms with Gasteiger partial charge in [-0.25, -0.2) is 4.79 Å². The summed E-state index contributed by atoms with van der Waals surface area (Å²) in [6, 6.07) is 5.54. The van der Waals surface area contributed by atoms with Crippen LogP contribution in [0.5, 0.6) is 0 Å². The quantitative estimate of drug-likeness (QED) is 0.834. The van der Waals surface area contributed by atoms with Gasteiger partial charge in [-0.1, -0.05) is 18.2 Å². The third-order valence-electron chi connectivity index (χ3n) is 4.74. The maximum absolute atomic E-state index is 12.5. The zero-order valence-corrected chi connectivity index (χ0v) is 14.1. The van der Waals surface area contributed by atoms with Crippen LogP contribution in [0, 0.1) is 0 Å². The predicted octanol–water partition coefficient (Wildman–Crippen LogP) is 1.68. The van der Waals surface area contributed by atoms with Gasteiger partial charge in [0.2, 0.25) is 0 Å². The Morgan fingerprint density at radius 2 is 2.00 bits per heavy atom. The average molecular weight is 357 g/mol. The van der Waals surface area contributed by atoms with Crippen molar-refractivity contribution in [1.29, 1.82) is 0 Å². The number of nitrogens with one attached hydrogen (secondary N) is 1. The molecule has 1 aromatic rings. The minimum absolute atomic E-state index is 0.475. The van der Waals surface area contributed by atoms with Gasteiger partial charge in [-0.15, -0.1) is 0 Å². The molecule has 2 heterocycles. The molecule has 0 amide bonds. The molecule has 2 aliphatic rings. The number of rotatable bonds is 3. The second-order valence-corrected chi connectivity index (χ2v) is 6.55. The van der Waals surface area contributed by atoms with E-state index in [1.54, 1.807) is 6.07 Å². The van der Waals surface area contributed by atoms with Crippen LogP contribution >= 0.6 is 0 Å². The zero-order chi connectivity index (χ0) is 18.0. The Bertz CT molecular complexity index is 628. The molecule has 8 heteroatoms. The van der Waals surface area contributed by atoms with Gasteiger partial charge in [0.05, 0.1) is 0 Å². The minimum atomic E-state index is -4.99. The molecule has 2 aliphatic heterocycles. The van der Waals surface area contributed by atoms with Crippen LogP contribution in [-0.2, 0) is 22.5 Å². The molecule has 1 unspecified atom stereocenters. The molecule has 1 atom stereocenters. The summed E-state index contributed by atoms with van der Waals surface area (Å²) in [7, 11) is 2.09. The molecule has 25 heavy (non-hydrogen) atoms. The van der Waals surface area contributed by atoms with E-state index in [0.717, 1.165) is 43.9 Å². The number of carbonyl (C=O) groups is 1. The Labute approximate surface area is 144 Å². The first-order chi connectivity index (χ1) is 11.8. The highest BCUT2D eigenvalue weighted by atomic mass is 19.4.